The zero-order valence-corrected chi connectivity index (χ0v) is 17.6. The lowest BCUT2D eigenvalue weighted by Gasteiger charge is -2.33. The van der Waals surface area contributed by atoms with Gasteiger partial charge in [0.2, 0.25) is 10.0 Å². The standard InChI is InChI=1S/C21H21F2N3O4S/c1-29-17-5-2-15(3-6-17)20-13-18(30-24-20)14-25-8-10-26(11-9-25)31(27,28)21-12-16(22)4-7-19(21)23/h2-7,12-13H,8-11,14H2,1H3. The molecule has 0 saturated carbocycles. The quantitative estimate of drug-likeness (QED) is 0.576. The molecule has 3 aromatic rings. The molecule has 0 N–H and O–H groups in total. The molecule has 2 aromatic carbocycles. The third-order valence-electron chi connectivity index (χ3n) is 5.17. The number of hydrogen-bond acceptors (Lipinski definition) is 6. The Morgan fingerprint density at radius 2 is 1.74 bits per heavy atom. The highest BCUT2D eigenvalue weighted by molar-refractivity contribution is 7.89. The third kappa shape index (κ3) is 4.60. The summed E-state index contributed by atoms with van der Waals surface area (Å²) in [7, 11) is -2.50. The minimum Gasteiger partial charge on any atom is -0.497 e. The maximum Gasteiger partial charge on any atom is 0.246 e. The highest BCUT2D eigenvalue weighted by Gasteiger charge is 2.31. The van der Waals surface area contributed by atoms with Crippen LogP contribution in [-0.4, -0.2) is 56.1 Å². The lowest BCUT2D eigenvalue weighted by Crippen LogP contribution is -2.48. The molecule has 0 bridgehead atoms. The molecule has 0 spiro atoms. The Hall–Kier alpha value is -2.82. The first-order valence-electron chi connectivity index (χ1n) is 9.64. The third-order valence-corrected chi connectivity index (χ3v) is 7.08. The van der Waals surface area contributed by atoms with E-state index < -0.39 is 26.6 Å². The van der Waals surface area contributed by atoms with Crippen molar-refractivity contribution in [2.75, 3.05) is 33.3 Å². The fourth-order valence-corrected chi connectivity index (χ4v) is 4.95. The van der Waals surface area contributed by atoms with Gasteiger partial charge in [-0.1, -0.05) is 5.16 Å². The minimum atomic E-state index is -4.10. The number of hydrogen-bond donors (Lipinski definition) is 0. The Bertz CT molecular complexity index is 1160. The topological polar surface area (TPSA) is 75.9 Å². The first-order valence-corrected chi connectivity index (χ1v) is 11.1. The molecule has 1 aromatic heterocycles. The van der Waals surface area contributed by atoms with Gasteiger partial charge in [-0.05, 0) is 42.5 Å². The molecule has 7 nitrogen and oxygen atoms in total. The molecule has 4 rings (SSSR count). The monoisotopic (exact) mass is 449 g/mol. The predicted molar refractivity (Wildman–Crippen MR) is 109 cm³/mol. The second-order valence-corrected chi connectivity index (χ2v) is 9.07. The van der Waals surface area contributed by atoms with Crippen molar-refractivity contribution in [2.24, 2.45) is 0 Å². The molecule has 1 fully saturated rings. The maximum absolute atomic E-state index is 14.0. The summed E-state index contributed by atoms with van der Waals surface area (Å²) in [6.45, 7) is 1.64. The number of nitrogens with zero attached hydrogens (tertiary/aromatic N) is 3. The first kappa shape index (κ1) is 21.4. The Balaban J connectivity index is 1.38. The van der Waals surface area contributed by atoms with Crippen LogP contribution in [0.1, 0.15) is 5.76 Å². The van der Waals surface area contributed by atoms with Crippen LogP contribution in [0, 0.1) is 11.6 Å². The van der Waals surface area contributed by atoms with E-state index >= 15 is 0 Å². The van der Waals surface area contributed by atoms with E-state index in [1.54, 1.807) is 7.11 Å². The summed E-state index contributed by atoms with van der Waals surface area (Å²) >= 11 is 0. The van der Waals surface area contributed by atoms with Crippen LogP contribution in [0.4, 0.5) is 8.78 Å². The molecule has 164 valence electrons. The van der Waals surface area contributed by atoms with Gasteiger partial charge in [-0.2, -0.15) is 4.31 Å². The van der Waals surface area contributed by atoms with Gasteiger partial charge in [0, 0.05) is 37.8 Å². The van der Waals surface area contributed by atoms with Crippen molar-refractivity contribution >= 4 is 10.0 Å². The number of benzene rings is 2. The van der Waals surface area contributed by atoms with Gasteiger partial charge in [0.15, 0.2) is 5.76 Å². The second-order valence-electron chi connectivity index (χ2n) is 7.16. The normalized spacial score (nSPS) is 15.8. The van der Waals surface area contributed by atoms with E-state index in [9.17, 15) is 17.2 Å². The van der Waals surface area contributed by atoms with Gasteiger partial charge in [0.05, 0.1) is 13.7 Å². The average molecular weight is 449 g/mol. The molecule has 0 aliphatic carbocycles. The summed E-state index contributed by atoms with van der Waals surface area (Å²) in [5.74, 6) is -0.357. The van der Waals surface area contributed by atoms with Gasteiger partial charge in [0.25, 0.3) is 0 Å². The van der Waals surface area contributed by atoms with E-state index in [1.807, 2.05) is 35.2 Å². The van der Waals surface area contributed by atoms with E-state index in [1.165, 1.54) is 4.31 Å². The van der Waals surface area contributed by atoms with Crippen molar-refractivity contribution < 1.29 is 26.5 Å². The molecule has 0 unspecified atom stereocenters. The number of sulfonamides is 1. The van der Waals surface area contributed by atoms with Crippen molar-refractivity contribution in [1.29, 1.82) is 0 Å². The average Bonchev–Trinajstić information content (AvgIpc) is 3.24. The van der Waals surface area contributed by atoms with Gasteiger partial charge >= 0.3 is 0 Å². The summed E-state index contributed by atoms with van der Waals surface area (Å²) in [6, 6.07) is 11.7. The first-order chi connectivity index (χ1) is 14.9. The fourth-order valence-electron chi connectivity index (χ4n) is 3.45. The summed E-state index contributed by atoms with van der Waals surface area (Å²) in [5, 5.41) is 4.09. The molecule has 1 aliphatic rings. The molecule has 1 saturated heterocycles. The largest absolute Gasteiger partial charge is 0.497 e. The minimum absolute atomic E-state index is 0.164. The highest BCUT2D eigenvalue weighted by Crippen LogP contribution is 2.24. The Morgan fingerprint density at radius 3 is 2.42 bits per heavy atom. The Kier molecular flexibility index (Phi) is 6.03. The number of aromatic nitrogens is 1. The number of ether oxygens (including phenoxy) is 1. The number of methoxy groups -OCH3 is 1. The van der Waals surface area contributed by atoms with Crippen molar-refractivity contribution in [3.8, 4) is 17.0 Å². The SMILES string of the molecule is COc1ccc(-c2cc(CN3CCN(S(=O)(=O)c4cc(F)ccc4F)CC3)on2)cc1. The smallest absolute Gasteiger partial charge is 0.246 e. The van der Waals surface area contributed by atoms with E-state index in [0.717, 1.165) is 23.4 Å². The van der Waals surface area contributed by atoms with Gasteiger partial charge in [-0.3, -0.25) is 4.90 Å². The Labute approximate surface area is 178 Å². The summed E-state index contributed by atoms with van der Waals surface area (Å²) < 4.78 is 64.5. The van der Waals surface area contributed by atoms with Crippen molar-refractivity contribution in [3.05, 3.63) is 65.9 Å². The maximum atomic E-state index is 14.0. The van der Waals surface area contributed by atoms with Crippen LogP contribution in [0.2, 0.25) is 0 Å². The molecule has 1 aliphatic heterocycles. The summed E-state index contributed by atoms with van der Waals surface area (Å²) in [6.07, 6.45) is 0. The van der Waals surface area contributed by atoms with Crippen LogP contribution in [0.25, 0.3) is 11.3 Å². The second kappa shape index (κ2) is 8.74. The molecule has 10 heteroatoms. The van der Waals surface area contributed by atoms with Crippen LogP contribution in [-0.2, 0) is 16.6 Å². The van der Waals surface area contributed by atoms with Crippen LogP contribution in [0.5, 0.6) is 5.75 Å². The molecule has 0 atom stereocenters. The van der Waals surface area contributed by atoms with E-state index in [0.29, 0.717) is 37.2 Å². The number of halogens is 2. The van der Waals surface area contributed by atoms with Gasteiger partial charge in [0.1, 0.15) is 28.0 Å². The Morgan fingerprint density at radius 1 is 1.03 bits per heavy atom. The van der Waals surface area contributed by atoms with Gasteiger partial charge in [-0.25, -0.2) is 17.2 Å². The van der Waals surface area contributed by atoms with Crippen LogP contribution in [0.3, 0.4) is 0 Å². The van der Waals surface area contributed by atoms with E-state index in [2.05, 4.69) is 5.16 Å². The molecular weight excluding hydrogens is 428 g/mol. The highest BCUT2D eigenvalue weighted by atomic mass is 32.2. The lowest BCUT2D eigenvalue weighted by atomic mass is 10.1. The summed E-state index contributed by atoms with van der Waals surface area (Å²) in [5.41, 5.74) is 1.59. The summed E-state index contributed by atoms with van der Waals surface area (Å²) in [4.78, 5) is 1.38. The predicted octanol–water partition coefficient (Wildman–Crippen LogP) is 3.13. The lowest BCUT2D eigenvalue weighted by molar-refractivity contribution is 0.166. The zero-order chi connectivity index (χ0) is 22.0. The van der Waals surface area contributed by atoms with Crippen molar-refractivity contribution in [2.45, 2.75) is 11.4 Å². The number of piperazine rings is 1. The van der Waals surface area contributed by atoms with Crippen LogP contribution < -0.4 is 4.74 Å². The van der Waals surface area contributed by atoms with Gasteiger partial charge in [-0.15, -0.1) is 0 Å². The molecular formula is C21H21F2N3O4S. The van der Waals surface area contributed by atoms with Crippen molar-refractivity contribution in [3.63, 3.8) is 0 Å². The fraction of sp³-hybridized carbons (Fsp3) is 0.286. The molecule has 2 heterocycles. The molecule has 31 heavy (non-hydrogen) atoms. The van der Waals surface area contributed by atoms with E-state index in [4.69, 9.17) is 9.26 Å². The van der Waals surface area contributed by atoms with Crippen molar-refractivity contribution in [1.82, 2.24) is 14.4 Å². The van der Waals surface area contributed by atoms with E-state index in [-0.39, 0.29) is 13.1 Å². The molecule has 0 amide bonds. The number of rotatable bonds is 6. The van der Waals surface area contributed by atoms with Gasteiger partial charge < -0.3 is 9.26 Å². The zero-order valence-electron chi connectivity index (χ0n) is 16.8. The van der Waals surface area contributed by atoms with Crippen LogP contribution in [0.15, 0.2) is 57.9 Å². The molecule has 0 radical (unpaired) electrons. The van der Waals surface area contributed by atoms with Crippen LogP contribution >= 0.6 is 0 Å².